The number of anilines is 1. The number of fused-ring (bicyclic) bond motifs is 1. The van der Waals surface area contributed by atoms with E-state index in [9.17, 15) is 30.8 Å². The van der Waals surface area contributed by atoms with E-state index in [2.05, 4.69) is 15.2 Å². The van der Waals surface area contributed by atoms with Gasteiger partial charge in [-0.2, -0.15) is 13.2 Å². The summed E-state index contributed by atoms with van der Waals surface area (Å²) in [5.41, 5.74) is 0.119. The van der Waals surface area contributed by atoms with Crippen molar-refractivity contribution in [3.05, 3.63) is 104 Å². The lowest BCUT2D eigenvalue weighted by Crippen LogP contribution is -2.45. The van der Waals surface area contributed by atoms with Gasteiger partial charge in [-0.1, -0.05) is 41.9 Å². The number of rotatable bonds is 6. The number of hydrogen-bond donors (Lipinski definition) is 2. The number of ether oxygens (including phenoxy) is 1. The Kier molecular flexibility index (Phi) is 7.43. The van der Waals surface area contributed by atoms with Gasteiger partial charge in [-0.05, 0) is 60.0 Å². The summed E-state index contributed by atoms with van der Waals surface area (Å²) in [4.78, 5) is 13.2. The third-order valence-electron chi connectivity index (χ3n) is 6.44. The first kappa shape index (κ1) is 28.4. The number of hydrogen-bond acceptors (Lipinski definition) is 5. The molecule has 0 saturated carbocycles. The first-order chi connectivity index (χ1) is 19.3. The molecule has 0 unspecified atom stereocenters. The first-order valence-corrected chi connectivity index (χ1v) is 13.9. The molecule has 0 aliphatic carbocycles. The molecular weight excluding hydrogens is 588 g/mol. The van der Waals surface area contributed by atoms with Gasteiger partial charge in [0.25, 0.3) is 10.0 Å². The van der Waals surface area contributed by atoms with Crippen LogP contribution in [-0.2, 0) is 22.6 Å². The molecule has 1 aromatic heterocycles. The number of H-pyrrole nitrogens is 2. The lowest BCUT2D eigenvalue weighted by Gasteiger charge is -2.35. The van der Waals surface area contributed by atoms with E-state index >= 15 is 0 Å². The smallest absolute Gasteiger partial charge is 0.416 e. The van der Waals surface area contributed by atoms with E-state index < -0.39 is 44.3 Å². The van der Waals surface area contributed by atoms with Crippen LogP contribution in [0, 0.1) is 5.82 Å². The van der Waals surface area contributed by atoms with Crippen LogP contribution in [0.4, 0.5) is 23.2 Å². The van der Waals surface area contributed by atoms with Crippen LogP contribution >= 0.6 is 11.6 Å². The number of alkyl halides is 3. The van der Waals surface area contributed by atoms with E-state index in [1.165, 1.54) is 12.1 Å². The lowest BCUT2D eigenvalue weighted by molar-refractivity contribution is -0.137. The van der Waals surface area contributed by atoms with Crippen molar-refractivity contribution in [1.82, 2.24) is 15.2 Å². The summed E-state index contributed by atoms with van der Waals surface area (Å²) in [6.07, 6.45) is -3.79. The number of nitrogens with one attached hydrogen (secondary N) is 2. The summed E-state index contributed by atoms with van der Waals surface area (Å²) in [5, 5.41) is 6.02. The quantitative estimate of drug-likeness (QED) is 0.217. The van der Waals surface area contributed by atoms with Gasteiger partial charge in [-0.15, -0.1) is 5.10 Å². The number of nitrogens with zero attached hydrogens (tertiary/aromatic N) is 2. The van der Waals surface area contributed by atoms with Crippen LogP contribution in [0.1, 0.15) is 29.2 Å². The van der Waals surface area contributed by atoms with Crippen LogP contribution in [0.5, 0.6) is 6.01 Å². The molecule has 1 aliphatic heterocycles. The number of benzene rings is 3. The van der Waals surface area contributed by atoms with Crippen molar-refractivity contribution >= 4 is 39.0 Å². The van der Waals surface area contributed by atoms with Gasteiger partial charge in [0.1, 0.15) is 11.9 Å². The highest BCUT2D eigenvalue weighted by molar-refractivity contribution is 7.92. The summed E-state index contributed by atoms with van der Waals surface area (Å²) in [7, 11) is -4.54. The van der Waals surface area contributed by atoms with Gasteiger partial charge in [0, 0.05) is 12.0 Å². The van der Waals surface area contributed by atoms with Crippen LogP contribution < -0.4 is 14.7 Å². The zero-order valence-electron chi connectivity index (χ0n) is 21.2. The second-order valence-corrected chi connectivity index (χ2v) is 11.6. The van der Waals surface area contributed by atoms with Crippen molar-refractivity contribution in [2.75, 3.05) is 10.8 Å². The summed E-state index contributed by atoms with van der Waals surface area (Å²) in [6, 6.07) is 12.4. The first-order valence-electron chi connectivity index (χ1n) is 12.1. The minimum absolute atomic E-state index is 0.170. The molecule has 0 fully saturated rings. The van der Waals surface area contributed by atoms with Gasteiger partial charge in [-0.25, -0.2) is 22.7 Å². The number of aromatic amines is 2. The average molecular weight is 609 g/mol. The van der Waals surface area contributed by atoms with Crippen molar-refractivity contribution in [3.63, 3.8) is 0 Å². The largest absolute Gasteiger partial charge is 0.458 e. The van der Waals surface area contributed by atoms with E-state index in [0.717, 1.165) is 22.5 Å². The molecule has 14 heteroatoms. The highest BCUT2D eigenvalue weighted by atomic mass is 35.5. The second-order valence-electron chi connectivity index (χ2n) is 9.30. The molecule has 1 aliphatic rings. The van der Waals surface area contributed by atoms with Crippen LogP contribution in [0.25, 0.3) is 11.6 Å². The molecule has 8 nitrogen and oxygen atoms in total. The van der Waals surface area contributed by atoms with Gasteiger partial charge < -0.3 is 4.74 Å². The van der Waals surface area contributed by atoms with Gasteiger partial charge >= 0.3 is 17.9 Å². The van der Waals surface area contributed by atoms with E-state index in [-0.39, 0.29) is 35.2 Å². The number of sulfonamides is 1. The van der Waals surface area contributed by atoms with Crippen LogP contribution in [0.3, 0.4) is 0 Å². The predicted octanol–water partition coefficient (Wildman–Crippen LogP) is 5.67. The van der Waals surface area contributed by atoms with Crippen LogP contribution in [0.15, 0.2) is 70.4 Å². The summed E-state index contributed by atoms with van der Waals surface area (Å²) >= 11 is 6.19. The van der Waals surface area contributed by atoms with Crippen molar-refractivity contribution < 1.29 is 30.7 Å². The maximum absolute atomic E-state index is 14.5. The summed E-state index contributed by atoms with van der Waals surface area (Å²) in [6.45, 7) is 1.35. The molecule has 1 atom stereocenters. The minimum Gasteiger partial charge on any atom is -0.458 e. The topological polar surface area (TPSA) is 108 Å². The SMILES string of the molecule is C/C(=C\c1ccc2c(c1)N(S(=O)(=O)c1cccc(C(F)(F)F)c1)C[C@H](Oc1n[nH]c(=O)[nH]1)C2)c1c(F)cccc1Cl. The fourth-order valence-electron chi connectivity index (χ4n) is 4.60. The highest BCUT2D eigenvalue weighted by Gasteiger charge is 2.37. The third-order valence-corrected chi connectivity index (χ3v) is 8.53. The number of allylic oxidation sites excluding steroid dienone is 1. The van der Waals surface area contributed by atoms with E-state index in [0.29, 0.717) is 22.8 Å². The van der Waals surface area contributed by atoms with E-state index in [4.69, 9.17) is 16.3 Å². The van der Waals surface area contributed by atoms with Crippen LogP contribution in [-0.4, -0.2) is 36.2 Å². The molecule has 0 bridgehead atoms. The summed E-state index contributed by atoms with van der Waals surface area (Å²) < 4.78 is 89.0. The highest BCUT2D eigenvalue weighted by Crippen LogP contribution is 2.37. The lowest BCUT2D eigenvalue weighted by atomic mass is 9.97. The number of aromatic nitrogens is 3. The zero-order chi connectivity index (χ0) is 29.5. The van der Waals surface area contributed by atoms with Crippen molar-refractivity contribution in [2.45, 2.75) is 30.5 Å². The molecule has 0 radical (unpaired) electrons. The minimum atomic E-state index is -4.76. The normalized spacial score (nSPS) is 16.0. The molecule has 41 heavy (non-hydrogen) atoms. The maximum atomic E-state index is 14.5. The standard InChI is InChI=1S/C27H21ClF4N4O4S/c1-15(24-21(28)6-3-7-22(24)29)10-16-8-9-17-12-19(40-26-33-25(37)34-35-26)14-36(23(17)11-16)41(38,39)20-5-2-4-18(13-20)27(30,31)32/h2-11,13,19H,12,14H2,1H3,(H2,33,34,35,37)/b15-10+/t19-/m1/s1. The zero-order valence-corrected chi connectivity index (χ0v) is 22.7. The molecule has 0 spiro atoms. The number of halogens is 5. The average Bonchev–Trinajstić information content (AvgIpc) is 3.32. The molecule has 5 rings (SSSR count). The molecule has 3 aromatic carbocycles. The Bertz CT molecular complexity index is 1800. The predicted molar refractivity (Wildman–Crippen MR) is 145 cm³/mol. The second kappa shape index (κ2) is 10.7. The molecule has 0 amide bonds. The van der Waals surface area contributed by atoms with Gasteiger partial charge in [0.15, 0.2) is 0 Å². The maximum Gasteiger partial charge on any atom is 0.416 e. The molecule has 4 aromatic rings. The fraction of sp³-hybridized carbons (Fsp3) is 0.185. The monoisotopic (exact) mass is 608 g/mol. The Morgan fingerprint density at radius 1 is 1.15 bits per heavy atom. The molecule has 2 N–H and O–H groups in total. The summed E-state index contributed by atoms with van der Waals surface area (Å²) in [5.74, 6) is -0.533. The van der Waals surface area contributed by atoms with E-state index in [1.54, 1.807) is 37.3 Å². The molecular formula is C27H21ClF4N4O4S. The molecule has 2 heterocycles. The van der Waals surface area contributed by atoms with Gasteiger partial charge in [-0.3, -0.25) is 9.29 Å². The Labute approximate surface area is 236 Å². The van der Waals surface area contributed by atoms with Crippen molar-refractivity contribution in [2.24, 2.45) is 0 Å². The van der Waals surface area contributed by atoms with Crippen molar-refractivity contribution in [1.29, 1.82) is 0 Å². The fourth-order valence-corrected chi connectivity index (χ4v) is 6.48. The molecule has 214 valence electrons. The molecule has 0 saturated heterocycles. The Hall–Kier alpha value is -4.10. The van der Waals surface area contributed by atoms with Crippen LogP contribution in [0.2, 0.25) is 5.02 Å². The van der Waals surface area contributed by atoms with Gasteiger partial charge in [0.05, 0.1) is 27.7 Å². The Morgan fingerprint density at radius 3 is 2.59 bits per heavy atom. The van der Waals surface area contributed by atoms with Crippen molar-refractivity contribution in [3.8, 4) is 6.01 Å². The van der Waals surface area contributed by atoms with E-state index in [1.807, 2.05) is 0 Å². The third kappa shape index (κ3) is 5.86. The van der Waals surface area contributed by atoms with Gasteiger partial charge in [0.2, 0.25) is 0 Å². The Morgan fingerprint density at radius 2 is 1.90 bits per heavy atom. The Balaban J connectivity index is 1.59.